The molecule has 3 aromatic rings. The smallest absolute Gasteiger partial charge is 0.266 e. The molecule has 6 nitrogen and oxygen atoms in total. The topological polar surface area (TPSA) is 68.1 Å². The standard InChI is InChI=1S/C23H28N4O2S/c1-16(2)13-26(14-17(3)4)21(28)15-30-23-25-20-10-6-5-9-19(20)22(29)27(23)18-8-7-11-24-12-18/h5-12,16-17H,13-15H2,1-4H3. The first-order valence-corrected chi connectivity index (χ1v) is 11.2. The number of pyridine rings is 1. The van der Waals surface area contributed by atoms with Crippen molar-refractivity contribution in [2.75, 3.05) is 18.8 Å². The SMILES string of the molecule is CC(C)CN(CC(C)C)C(=O)CSc1nc2ccccc2c(=O)n1-c1cccnc1. The highest BCUT2D eigenvalue weighted by molar-refractivity contribution is 7.99. The second-order valence-electron chi connectivity index (χ2n) is 8.14. The summed E-state index contributed by atoms with van der Waals surface area (Å²) in [5.41, 5.74) is 1.10. The molecule has 0 atom stereocenters. The lowest BCUT2D eigenvalue weighted by atomic mass is 10.1. The Labute approximate surface area is 181 Å². The number of carbonyl (C=O) groups excluding carboxylic acids is 1. The number of aromatic nitrogens is 3. The summed E-state index contributed by atoms with van der Waals surface area (Å²) in [5.74, 6) is 1.07. The van der Waals surface area contributed by atoms with Gasteiger partial charge in [-0.05, 0) is 36.1 Å². The molecule has 158 valence electrons. The zero-order valence-corrected chi connectivity index (χ0v) is 18.7. The Kier molecular flexibility index (Phi) is 7.26. The molecule has 0 saturated carbocycles. The maximum absolute atomic E-state index is 13.2. The van der Waals surface area contributed by atoms with Gasteiger partial charge in [0.25, 0.3) is 5.56 Å². The molecule has 1 amide bonds. The van der Waals surface area contributed by atoms with Crippen LogP contribution in [-0.2, 0) is 4.79 Å². The predicted molar refractivity (Wildman–Crippen MR) is 122 cm³/mol. The number of rotatable bonds is 8. The number of amides is 1. The van der Waals surface area contributed by atoms with E-state index in [1.807, 2.05) is 29.2 Å². The van der Waals surface area contributed by atoms with Crippen molar-refractivity contribution in [1.82, 2.24) is 19.4 Å². The van der Waals surface area contributed by atoms with Gasteiger partial charge in [-0.3, -0.25) is 19.1 Å². The number of fused-ring (bicyclic) bond motifs is 1. The molecule has 2 heterocycles. The van der Waals surface area contributed by atoms with Crippen molar-refractivity contribution in [3.63, 3.8) is 0 Å². The molecule has 2 aromatic heterocycles. The van der Waals surface area contributed by atoms with Crippen LogP contribution in [0.2, 0.25) is 0 Å². The first-order valence-electron chi connectivity index (χ1n) is 10.2. The summed E-state index contributed by atoms with van der Waals surface area (Å²) in [6.07, 6.45) is 3.29. The van der Waals surface area contributed by atoms with E-state index in [0.717, 1.165) is 13.1 Å². The molecule has 0 spiro atoms. The Balaban J connectivity index is 1.95. The van der Waals surface area contributed by atoms with E-state index in [4.69, 9.17) is 4.98 Å². The van der Waals surface area contributed by atoms with Crippen molar-refractivity contribution < 1.29 is 4.79 Å². The van der Waals surface area contributed by atoms with E-state index in [1.165, 1.54) is 11.8 Å². The summed E-state index contributed by atoms with van der Waals surface area (Å²) in [7, 11) is 0. The van der Waals surface area contributed by atoms with Crippen LogP contribution in [0.15, 0.2) is 58.7 Å². The molecule has 0 aliphatic heterocycles. The number of thioether (sulfide) groups is 1. The van der Waals surface area contributed by atoms with E-state index in [0.29, 0.717) is 33.6 Å². The predicted octanol–water partition coefficient (Wildman–Crippen LogP) is 4.01. The van der Waals surface area contributed by atoms with Crippen molar-refractivity contribution >= 4 is 28.6 Å². The minimum atomic E-state index is -0.162. The molecular formula is C23H28N4O2S. The second kappa shape index (κ2) is 9.89. The Bertz CT molecular complexity index is 1050. The van der Waals surface area contributed by atoms with Crippen molar-refractivity contribution in [1.29, 1.82) is 0 Å². The third kappa shape index (κ3) is 5.27. The summed E-state index contributed by atoms with van der Waals surface area (Å²) < 4.78 is 1.54. The van der Waals surface area contributed by atoms with Gasteiger partial charge in [0, 0.05) is 19.3 Å². The zero-order chi connectivity index (χ0) is 21.7. The van der Waals surface area contributed by atoms with Crippen LogP contribution in [0.1, 0.15) is 27.7 Å². The molecule has 0 bridgehead atoms. The number of carbonyl (C=O) groups is 1. The Morgan fingerprint density at radius 1 is 1.07 bits per heavy atom. The van der Waals surface area contributed by atoms with E-state index in [1.54, 1.807) is 29.1 Å². The van der Waals surface area contributed by atoms with Gasteiger partial charge in [0.15, 0.2) is 5.16 Å². The van der Waals surface area contributed by atoms with Crippen LogP contribution in [0, 0.1) is 11.8 Å². The minimum absolute atomic E-state index is 0.0579. The average Bonchev–Trinajstić information content (AvgIpc) is 2.71. The maximum Gasteiger partial charge on any atom is 0.266 e. The summed E-state index contributed by atoms with van der Waals surface area (Å²) >= 11 is 1.29. The van der Waals surface area contributed by atoms with Crippen LogP contribution in [0.25, 0.3) is 16.6 Å². The van der Waals surface area contributed by atoms with Crippen LogP contribution >= 0.6 is 11.8 Å². The second-order valence-corrected chi connectivity index (χ2v) is 9.08. The van der Waals surface area contributed by atoms with Crippen LogP contribution in [0.4, 0.5) is 0 Å². The molecule has 30 heavy (non-hydrogen) atoms. The lowest BCUT2D eigenvalue weighted by molar-refractivity contribution is -0.129. The van der Waals surface area contributed by atoms with Crippen molar-refractivity contribution in [2.45, 2.75) is 32.9 Å². The molecule has 1 aromatic carbocycles. The fourth-order valence-electron chi connectivity index (χ4n) is 3.30. The van der Waals surface area contributed by atoms with E-state index < -0.39 is 0 Å². The first kappa shape index (κ1) is 22.0. The fourth-order valence-corrected chi connectivity index (χ4v) is 4.22. The lowest BCUT2D eigenvalue weighted by Gasteiger charge is -2.26. The maximum atomic E-state index is 13.2. The van der Waals surface area contributed by atoms with Crippen molar-refractivity contribution in [3.05, 3.63) is 59.1 Å². The van der Waals surface area contributed by atoms with Crippen LogP contribution in [0.3, 0.4) is 0 Å². The molecule has 0 N–H and O–H groups in total. The largest absolute Gasteiger partial charge is 0.341 e. The average molecular weight is 425 g/mol. The molecule has 0 aliphatic rings. The summed E-state index contributed by atoms with van der Waals surface area (Å²) in [5, 5.41) is 1.03. The quantitative estimate of drug-likeness (QED) is 0.404. The fraction of sp³-hybridized carbons (Fsp3) is 0.391. The number of nitrogens with zero attached hydrogens (tertiary/aromatic N) is 4. The van der Waals surface area contributed by atoms with Gasteiger partial charge < -0.3 is 4.90 Å². The number of para-hydroxylation sites is 1. The Hall–Kier alpha value is -2.67. The Morgan fingerprint density at radius 3 is 2.40 bits per heavy atom. The highest BCUT2D eigenvalue weighted by atomic mass is 32.2. The van der Waals surface area contributed by atoms with Crippen molar-refractivity contribution in [3.8, 4) is 5.69 Å². The summed E-state index contributed by atoms with van der Waals surface area (Å²) in [6.45, 7) is 9.88. The zero-order valence-electron chi connectivity index (χ0n) is 17.9. The van der Waals surface area contributed by atoms with Gasteiger partial charge in [-0.1, -0.05) is 51.6 Å². The molecule has 0 aliphatic carbocycles. The number of hydrogen-bond donors (Lipinski definition) is 0. The van der Waals surface area contributed by atoms with Gasteiger partial charge in [0.2, 0.25) is 5.91 Å². The van der Waals surface area contributed by atoms with Gasteiger partial charge >= 0.3 is 0 Å². The van der Waals surface area contributed by atoms with Gasteiger partial charge in [0.1, 0.15) is 0 Å². The van der Waals surface area contributed by atoms with E-state index in [2.05, 4.69) is 32.7 Å². The summed E-state index contributed by atoms with van der Waals surface area (Å²) in [6, 6.07) is 10.9. The first-order chi connectivity index (χ1) is 14.4. The Morgan fingerprint density at radius 2 is 1.77 bits per heavy atom. The normalized spacial score (nSPS) is 11.4. The van der Waals surface area contributed by atoms with Crippen LogP contribution in [0.5, 0.6) is 0 Å². The van der Waals surface area contributed by atoms with Gasteiger partial charge in [-0.2, -0.15) is 0 Å². The third-order valence-electron chi connectivity index (χ3n) is 4.50. The molecule has 7 heteroatoms. The highest BCUT2D eigenvalue weighted by Gasteiger charge is 2.19. The van der Waals surface area contributed by atoms with E-state index in [-0.39, 0.29) is 17.2 Å². The van der Waals surface area contributed by atoms with E-state index >= 15 is 0 Å². The van der Waals surface area contributed by atoms with Crippen molar-refractivity contribution in [2.24, 2.45) is 11.8 Å². The third-order valence-corrected chi connectivity index (χ3v) is 5.42. The monoisotopic (exact) mass is 424 g/mol. The lowest BCUT2D eigenvalue weighted by Crippen LogP contribution is -2.38. The molecule has 0 saturated heterocycles. The van der Waals surface area contributed by atoms with Gasteiger partial charge in [-0.25, -0.2) is 4.98 Å². The molecule has 0 fully saturated rings. The van der Waals surface area contributed by atoms with Crippen LogP contribution in [-0.4, -0.2) is 44.2 Å². The van der Waals surface area contributed by atoms with Gasteiger partial charge in [0.05, 0.1) is 28.5 Å². The van der Waals surface area contributed by atoms with Crippen LogP contribution < -0.4 is 5.56 Å². The van der Waals surface area contributed by atoms with Gasteiger partial charge in [-0.15, -0.1) is 0 Å². The number of benzene rings is 1. The highest BCUT2D eigenvalue weighted by Crippen LogP contribution is 2.21. The molecule has 0 unspecified atom stereocenters. The van der Waals surface area contributed by atoms with E-state index in [9.17, 15) is 9.59 Å². The molecular weight excluding hydrogens is 396 g/mol. The summed E-state index contributed by atoms with van der Waals surface area (Å²) in [4.78, 5) is 36.9. The minimum Gasteiger partial charge on any atom is -0.341 e. The molecule has 3 rings (SSSR count). The molecule has 0 radical (unpaired) electrons. The number of hydrogen-bond acceptors (Lipinski definition) is 5.